The molecule has 4 heteroatoms. The van der Waals surface area contributed by atoms with Crippen LogP contribution in [-0.2, 0) is 4.79 Å². The lowest BCUT2D eigenvalue weighted by atomic mass is 10.2. The lowest BCUT2D eigenvalue weighted by molar-refractivity contribution is -0.117. The summed E-state index contributed by atoms with van der Waals surface area (Å²) in [6.45, 7) is 0.168. The van der Waals surface area contributed by atoms with E-state index < -0.39 is 0 Å². The van der Waals surface area contributed by atoms with Gasteiger partial charge in [0, 0.05) is 6.04 Å². The molecule has 4 N–H and O–H groups in total. The molecule has 1 aliphatic rings. The maximum absolute atomic E-state index is 10.3. The van der Waals surface area contributed by atoms with Crippen LogP contribution in [0, 0.1) is 0 Å². The molecule has 1 amide bonds. The molecular weight excluding hydrogens is 144 g/mol. The number of aliphatic hydroxyl groups is 1. The van der Waals surface area contributed by atoms with Gasteiger partial charge in [0.15, 0.2) is 0 Å². The molecule has 1 aliphatic carbocycles. The molecule has 0 aromatic carbocycles. The first-order valence-corrected chi connectivity index (χ1v) is 3.90. The molecule has 2 atom stereocenters. The summed E-state index contributed by atoms with van der Waals surface area (Å²) in [4.78, 5) is 10.3. The first-order chi connectivity index (χ1) is 5.20. The van der Waals surface area contributed by atoms with E-state index >= 15 is 0 Å². The van der Waals surface area contributed by atoms with Crippen LogP contribution in [0.3, 0.4) is 0 Å². The van der Waals surface area contributed by atoms with E-state index in [0.29, 0.717) is 0 Å². The Kier molecular flexibility index (Phi) is 2.84. The minimum absolute atomic E-state index is 0.0718. The average Bonchev–Trinajstić information content (AvgIpc) is 2.31. The normalized spacial score (nSPS) is 30.6. The lowest BCUT2D eigenvalue weighted by Gasteiger charge is -2.14. The molecular formula is C7H14N2O2. The summed E-state index contributed by atoms with van der Waals surface area (Å²) in [6, 6.07) is 0.0718. The van der Waals surface area contributed by atoms with E-state index in [1.807, 2.05) is 0 Å². The summed E-state index contributed by atoms with van der Waals surface area (Å²) in [5, 5.41) is 12.2. The van der Waals surface area contributed by atoms with Crippen LogP contribution in [-0.4, -0.2) is 29.7 Å². The molecule has 11 heavy (non-hydrogen) atoms. The van der Waals surface area contributed by atoms with Crippen molar-refractivity contribution in [1.82, 2.24) is 5.32 Å². The monoisotopic (exact) mass is 158 g/mol. The number of amides is 1. The van der Waals surface area contributed by atoms with Gasteiger partial charge in [-0.25, -0.2) is 0 Å². The van der Waals surface area contributed by atoms with E-state index in [1.165, 1.54) is 0 Å². The van der Waals surface area contributed by atoms with Crippen LogP contribution < -0.4 is 11.1 Å². The molecule has 1 saturated carbocycles. The molecule has 0 radical (unpaired) electrons. The van der Waals surface area contributed by atoms with Gasteiger partial charge in [-0.2, -0.15) is 0 Å². The van der Waals surface area contributed by atoms with Crippen LogP contribution in [0.5, 0.6) is 0 Å². The van der Waals surface area contributed by atoms with Gasteiger partial charge in [0.2, 0.25) is 5.91 Å². The Balaban J connectivity index is 2.20. The summed E-state index contributed by atoms with van der Waals surface area (Å²) in [5.41, 5.74) is 4.93. The fourth-order valence-electron chi connectivity index (χ4n) is 1.41. The molecule has 4 nitrogen and oxygen atoms in total. The third-order valence-corrected chi connectivity index (χ3v) is 2.02. The highest BCUT2D eigenvalue weighted by molar-refractivity contribution is 5.75. The largest absolute Gasteiger partial charge is 0.392 e. The minimum Gasteiger partial charge on any atom is -0.392 e. The predicted octanol–water partition coefficient (Wildman–Crippen LogP) is -1.03. The summed E-state index contributed by atoms with van der Waals surface area (Å²) < 4.78 is 0. The van der Waals surface area contributed by atoms with E-state index in [2.05, 4.69) is 5.32 Å². The van der Waals surface area contributed by atoms with Crippen LogP contribution >= 0.6 is 0 Å². The second kappa shape index (κ2) is 3.69. The highest BCUT2D eigenvalue weighted by Gasteiger charge is 2.24. The molecule has 0 aromatic heterocycles. The summed E-state index contributed by atoms with van der Waals surface area (Å²) in [6.07, 6.45) is 2.50. The van der Waals surface area contributed by atoms with Crippen LogP contribution in [0.2, 0.25) is 0 Å². The smallest absolute Gasteiger partial charge is 0.231 e. The van der Waals surface area contributed by atoms with Gasteiger partial charge in [0.25, 0.3) is 0 Å². The van der Waals surface area contributed by atoms with Gasteiger partial charge >= 0.3 is 0 Å². The quantitative estimate of drug-likeness (QED) is 0.492. The number of hydrogen-bond acceptors (Lipinski definition) is 3. The summed E-state index contributed by atoms with van der Waals surface area (Å²) in [5.74, 6) is -0.371. The Bertz CT molecular complexity index is 149. The molecule has 0 heterocycles. The summed E-state index contributed by atoms with van der Waals surface area (Å²) >= 11 is 0. The standard InChI is InChI=1S/C7H14N2O2/c8-7(11)4-9-5-2-1-3-6(5)10/h5-6,9-10H,1-4H2,(H2,8,11)/t5-,6-/m0/s1. The van der Waals surface area contributed by atoms with Crippen molar-refractivity contribution < 1.29 is 9.90 Å². The van der Waals surface area contributed by atoms with Crippen molar-refractivity contribution in [1.29, 1.82) is 0 Å². The highest BCUT2D eigenvalue weighted by atomic mass is 16.3. The van der Waals surface area contributed by atoms with E-state index in [9.17, 15) is 9.90 Å². The Labute approximate surface area is 65.8 Å². The third kappa shape index (κ3) is 2.48. The SMILES string of the molecule is NC(=O)CN[C@H]1CCC[C@@H]1O. The predicted molar refractivity (Wildman–Crippen MR) is 40.8 cm³/mol. The number of aliphatic hydroxyl groups excluding tert-OH is 1. The second-order valence-corrected chi connectivity index (χ2v) is 2.95. The number of nitrogens with one attached hydrogen (secondary N) is 1. The Morgan fingerprint density at radius 1 is 1.64 bits per heavy atom. The first kappa shape index (κ1) is 8.49. The first-order valence-electron chi connectivity index (χ1n) is 3.90. The van der Waals surface area contributed by atoms with Crippen LogP contribution in [0.4, 0.5) is 0 Å². The number of nitrogens with two attached hydrogens (primary N) is 1. The number of rotatable bonds is 3. The van der Waals surface area contributed by atoms with Crippen molar-refractivity contribution in [2.75, 3.05) is 6.54 Å². The zero-order valence-electron chi connectivity index (χ0n) is 6.42. The molecule has 0 aliphatic heterocycles. The van der Waals surface area contributed by atoms with E-state index in [1.54, 1.807) is 0 Å². The number of hydrogen-bond donors (Lipinski definition) is 3. The lowest BCUT2D eigenvalue weighted by Crippen LogP contribution is -2.40. The second-order valence-electron chi connectivity index (χ2n) is 2.95. The fraction of sp³-hybridized carbons (Fsp3) is 0.857. The fourth-order valence-corrected chi connectivity index (χ4v) is 1.41. The van der Waals surface area contributed by atoms with Gasteiger partial charge in [0.1, 0.15) is 0 Å². The van der Waals surface area contributed by atoms with Gasteiger partial charge in [-0.3, -0.25) is 4.79 Å². The van der Waals surface area contributed by atoms with Crippen LogP contribution in [0.1, 0.15) is 19.3 Å². The highest BCUT2D eigenvalue weighted by Crippen LogP contribution is 2.18. The molecule has 1 rings (SSSR count). The molecule has 0 aromatic rings. The molecule has 1 fully saturated rings. The zero-order chi connectivity index (χ0) is 8.27. The number of primary amides is 1. The maximum Gasteiger partial charge on any atom is 0.231 e. The van der Waals surface area contributed by atoms with E-state index in [0.717, 1.165) is 19.3 Å². The van der Waals surface area contributed by atoms with Crippen LogP contribution in [0.25, 0.3) is 0 Å². The van der Waals surface area contributed by atoms with Crippen LogP contribution in [0.15, 0.2) is 0 Å². The molecule has 0 spiro atoms. The van der Waals surface area contributed by atoms with Gasteiger partial charge in [-0.05, 0) is 19.3 Å². The van der Waals surface area contributed by atoms with Crippen molar-refractivity contribution >= 4 is 5.91 Å². The van der Waals surface area contributed by atoms with Gasteiger partial charge in [0.05, 0.1) is 12.6 Å². The zero-order valence-corrected chi connectivity index (χ0v) is 6.42. The van der Waals surface area contributed by atoms with E-state index in [4.69, 9.17) is 5.73 Å². The van der Waals surface area contributed by atoms with Crippen molar-refractivity contribution in [2.24, 2.45) is 5.73 Å². The van der Waals surface area contributed by atoms with Crippen molar-refractivity contribution in [3.05, 3.63) is 0 Å². The molecule has 0 saturated heterocycles. The van der Waals surface area contributed by atoms with Gasteiger partial charge in [-0.15, -0.1) is 0 Å². The Morgan fingerprint density at radius 2 is 2.36 bits per heavy atom. The minimum atomic E-state index is -0.371. The molecule has 0 unspecified atom stereocenters. The van der Waals surface area contributed by atoms with E-state index in [-0.39, 0.29) is 24.6 Å². The maximum atomic E-state index is 10.3. The Morgan fingerprint density at radius 3 is 2.82 bits per heavy atom. The number of carbonyl (C=O) groups excluding carboxylic acids is 1. The topological polar surface area (TPSA) is 75.4 Å². The Hall–Kier alpha value is -0.610. The summed E-state index contributed by atoms with van der Waals surface area (Å²) in [7, 11) is 0. The van der Waals surface area contributed by atoms with Gasteiger partial charge in [-0.1, -0.05) is 0 Å². The van der Waals surface area contributed by atoms with Gasteiger partial charge < -0.3 is 16.2 Å². The average molecular weight is 158 g/mol. The number of carbonyl (C=O) groups is 1. The molecule has 0 bridgehead atoms. The van der Waals surface area contributed by atoms with Crippen molar-refractivity contribution in [2.45, 2.75) is 31.4 Å². The third-order valence-electron chi connectivity index (χ3n) is 2.02. The molecule has 64 valence electrons. The van der Waals surface area contributed by atoms with Crippen molar-refractivity contribution in [3.8, 4) is 0 Å². The van der Waals surface area contributed by atoms with Crippen molar-refractivity contribution in [3.63, 3.8) is 0 Å².